The quantitative estimate of drug-likeness (QED) is 0.531. The zero-order valence-electron chi connectivity index (χ0n) is 23.0. The van der Waals surface area contributed by atoms with Gasteiger partial charge in [0.15, 0.2) is 5.78 Å². The van der Waals surface area contributed by atoms with E-state index in [1.165, 1.54) is 0 Å². The number of carbonyl (C=O) groups is 4. The molecule has 2 aromatic carbocycles. The van der Waals surface area contributed by atoms with Crippen LogP contribution in [0.5, 0.6) is 0 Å². The highest BCUT2D eigenvalue weighted by Crippen LogP contribution is 2.30. The SMILES string of the molecule is CN1Cc2cc(-c3ccc(C[C@H](CC(=O)C4(NC(=O)OC(C)(C)C)CCOCC4)C(N)=O)cc3)ccc2C1=O. The minimum atomic E-state index is -1.17. The molecule has 3 N–H and O–H groups in total. The summed E-state index contributed by atoms with van der Waals surface area (Å²) in [7, 11) is 1.79. The van der Waals surface area contributed by atoms with Gasteiger partial charge in [-0.1, -0.05) is 30.3 Å². The van der Waals surface area contributed by atoms with Crippen LogP contribution in [0.15, 0.2) is 42.5 Å². The van der Waals surface area contributed by atoms with E-state index in [1.807, 2.05) is 42.5 Å². The molecule has 1 fully saturated rings. The van der Waals surface area contributed by atoms with Crippen molar-refractivity contribution in [2.24, 2.45) is 11.7 Å². The number of fused-ring (bicyclic) bond motifs is 1. The molecule has 208 valence electrons. The molecule has 1 saturated heterocycles. The fraction of sp³-hybridized carbons (Fsp3) is 0.467. The topological polar surface area (TPSA) is 128 Å². The van der Waals surface area contributed by atoms with Gasteiger partial charge in [-0.2, -0.15) is 0 Å². The average Bonchev–Trinajstić information content (AvgIpc) is 3.15. The fourth-order valence-corrected chi connectivity index (χ4v) is 5.15. The van der Waals surface area contributed by atoms with Gasteiger partial charge in [0.05, 0.1) is 0 Å². The third-order valence-corrected chi connectivity index (χ3v) is 7.31. The Hall–Kier alpha value is -3.72. The molecule has 0 unspecified atom stereocenters. The van der Waals surface area contributed by atoms with Crippen LogP contribution in [0.1, 0.15) is 61.5 Å². The lowest BCUT2D eigenvalue weighted by Gasteiger charge is -2.37. The smallest absolute Gasteiger partial charge is 0.408 e. The van der Waals surface area contributed by atoms with E-state index >= 15 is 0 Å². The number of nitrogens with two attached hydrogens (primary N) is 1. The summed E-state index contributed by atoms with van der Waals surface area (Å²) < 4.78 is 10.8. The van der Waals surface area contributed by atoms with Gasteiger partial charge in [-0.15, -0.1) is 0 Å². The van der Waals surface area contributed by atoms with Gasteiger partial charge in [-0.25, -0.2) is 4.79 Å². The molecule has 4 rings (SSSR count). The number of Topliss-reactive ketones (excluding diaryl/α,β-unsaturated/α-hetero) is 1. The van der Waals surface area contributed by atoms with E-state index in [9.17, 15) is 19.2 Å². The summed E-state index contributed by atoms with van der Waals surface area (Å²) in [6.07, 6.45) is 0.121. The Kier molecular flexibility index (Phi) is 8.11. The predicted molar refractivity (Wildman–Crippen MR) is 146 cm³/mol. The molecule has 2 aliphatic rings. The molecule has 0 saturated carbocycles. The number of nitrogens with one attached hydrogen (secondary N) is 1. The molecule has 2 heterocycles. The molecule has 1 atom stereocenters. The minimum Gasteiger partial charge on any atom is -0.444 e. The van der Waals surface area contributed by atoms with Crippen molar-refractivity contribution in [3.8, 4) is 11.1 Å². The maximum atomic E-state index is 13.5. The molecule has 39 heavy (non-hydrogen) atoms. The second kappa shape index (κ2) is 11.2. The maximum Gasteiger partial charge on any atom is 0.408 e. The Labute approximate surface area is 229 Å². The van der Waals surface area contributed by atoms with Gasteiger partial charge >= 0.3 is 6.09 Å². The van der Waals surface area contributed by atoms with E-state index in [4.69, 9.17) is 15.2 Å². The summed E-state index contributed by atoms with van der Waals surface area (Å²) in [6.45, 7) is 6.48. The summed E-state index contributed by atoms with van der Waals surface area (Å²) in [4.78, 5) is 52.4. The molecule has 9 nitrogen and oxygen atoms in total. The zero-order chi connectivity index (χ0) is 28.4. The molecule has 0 bridgehead atoms. The largest absolute Gasteiger partial charge is 0.444 e. The van der Waals surface area contributed by atoms with Crippen molar-refractivity contribution in [1.82, 2.24) is 10.2 Å². The molecular weight excluding hydrogens is 498 g/mol. The highest BCUT2D eigenvalue weighted by Gasteiger charge is 2.43. The fourth-order valence-electron chi connectivity index (χ4n) is 5.15. The second-order valence-electron chi connectivity index (χ2n) is 11.5. The Morgan fingerprint density at radius 2 is 1.72 bits per heavy atom. The van der Waals surface area contributed by atoms with E-state index in [-0.39, 0.29) is 18.1 Å². The first kappa shape index (κ1) is 28.3. The van der Waals surface area contributed by atoms with Crippen molar-refractivity contribution in [2.75, 3.05) is 20.3 Å². The molecule has 0 radical (unpaired) electrons. The van der Waals surface area contributed by atoms with Crippen LogP contribution in [-0.4, -0.2) is 60.0 Å². The molecule has 2 aliphatic heterocycles. The summed E-state index contributed by atoms with van der Waals surface area (Å²) in [5, 5.41) is 2.78. The van der Waals surface area contributed by atoms with Gasteiger partial charge in [0.2, 0.25) is 5.91 Å². The number of ketones is 1. The summed E-state index contributed by atoms with van der Waals surface area (Å²) in [5.41, 5.74) is 8.43. The average molecular weight is 536 g/mol. The molecular formula is C30H37N3O6. The highest BCUT2D eigenvalue weighted by atomic mass is 16.6. The standard InChI is InChI=1S/C30H37N3O6/c1-29(2,3)39-28(37)32-30(11-13-38-14-12-30)25(34)17-22(26(31)35)15-19-5-7-20(8-6-19)21-9-10-24-23(16-21)18-33(4)27(24)36/h5-10,16,22H,11-15,17-18H2,1-4H3,(H2,31,35)(H,32,37)/t22-/m1/s1. The first-order valence-electron chi connectivity index (χ1n) is 13.3. The summed E-state index contributed by atoms with van der Waals surface area (Å²) >= 11 is 0. The normalized spacial score (nSPS) is 17.3. The number of hydrogen-bond acceptors (Lipinski definition) is 6. The van der Waals surface area contributed by atoms with E-state index in [1.54, 1.807) is 32.7 Å². The lowest BCUT2D eigenvalue weighted by molar-refractivity contribution is -0.133. The Morgan fingerprint density at radius 1 is 1.08 bits per heavy atom. The van der Waals surface area contributed by atoms with Crippen LogP contribution in [0, 0.1) is 5.92 Å². The van der Waals surface area contributed by atoms with Crippen LogP contribution >= 0.6 is 0 Å². The van der Waals surface area contributed by atoms with E-state index in [0.29, 0.717) is 39.0 Å². The molecule has 9 heteroatoms. The summed E-state index contributed by atoms with van der Waals surface area (Å²) in [5.74, 6) is -1.53. The monoisotopic (exact) mass is 535 g/mol. The maximum absolute atomic E-state index is 13.5. The van der Waals surface area contributed by atoms with Crippen LogP contribution in [-0.2, 0) is 32.0 Å². The van der Waals surface area contributed by atoms with Crippen molar-refractivity contribution < 1.29 is 28.7 Å². The van der Waals surface area contributed by atoms with E-state index < -0.39 is 29.1 Å². The number of carbonyl (C=O) groups excluding carboxylic acids is 4. The molecule has 0 aliphatic carbocycles. The second-order valence-corrected chi connectivity index (χ2v) is 11.5. The number of ether oxygens (including phenoxy) is 2. The lowest BCUT2D eigenvalue weighted by Crippen LogP contribution is -2.58. The van der Waals surface area contributed by atoms with Crippen molar-refractivity contribution in [2.45, 2.75) is 64.1 Å². The van der Waals surface area contributed by atoms with Crippen molar-refractivity contribution in [3.63, 3.8) is 0 Å². The Bertz CT molecular complexity index is 1260. The first-order valence-corrected chi connectivity index (χ1v) is 13.3. The Balaban J connectivity index is 1.46. The predicted octanol–water partition coefficient (Wildman–Crippen LogP) is 3.62. The molecule has 0 spiro atoms. The number of alkyl carbamates (subject to hydrolysis) is 1. The van der Waals surface area contributed by atoms with Crippen molar-refractivity contribution in [3.05, 3.63) is 59.2 Å². The lowest BCUT2D eigenvalue weighted by atomic mass is 9.80. The number of rotatable bonds is 8. The van der Waals surface area contributed by atoms with Crippen LogP contribution in [0.3, 0.4) is 0 Å². The van der Waals surface area contributed by atoms with Gasteiger partial charge in [-0.05, 0) is 61.6 Å². The van der Waals surface area contributed by atoms with Crippen LogP contribution in [0.2, 0.25) is 0 Å². The number of primary amides is 1. The van der Waals surface area contributed by atoms with Crippen LogP contribution in [0.25, 0.3) is 11.1 Å². The third kappa shape index (κ3) is 6.65. The van der Waals surface area contributed by atoms with Crippen molar-refractivity contribution in [1.29, 1.82) is 0 Å². The molecule has 0 aromatic heterocycles. The number of hydrogen-bond donors (Lipinski definition) is 2. The van der Waals surface area contributed by atoms with Crippen LogP contribution in [0.4, 0.5) is 4.79 Å². The third-order valence-electron chi connectivity index (χ3n) is 7.31. The van der Waals surface area contributed by atoms with Gasteiger partial charge < -0.3 is 25.4 Å². The molecule has 3 amide bonds. The van der Waals surface area contributed by atoms with E-state index in [0.717, 1.165) is 27.8 Å². The van der Waals surface area contributed by atoms with Gasteiger partial charge in [0, 0.05) is 57.6 Å². The van der Waals surface area contributed by atoms with Crippen LogP contribution < -0.4 is 11.1 Å². The van der Waals surface area contributed by atoms with Gasteiger partial charge in [-0.3, -0.25) is 14.4 Å². The number of benzene rings is 2. The number of amides is 3. The van der Waals surface area contributed by atoms with Gasteiger partial charge in [0.1, 0.15) is 11.1 Å². The number of nitrogens with zero attached hydrogens (tertiary/aromatic N) is 1. The van der Waals surface area contributed by atoms with E-state index in [2.05, 4.69) is 5.32 Å². The molecule has 2 aromatic rings. The van der Waals surface area contributed by atoms with Crippen molar-refractivity contribution >= 4 is 23.7 Å². The summed E-state index contributed by atoms with van der Waals surface area (Å²) in [6, 6.07) is 13.6. The highest BCUT2D eigenvalue weighted by molar-refractivity contribution is 5.99. The Morgan fingerprint density at radius 3 is 2.33 bits per heavy atom. The minimum absolute atomic E-state index is 0.0303. The first-order chi connectivity index (χ1) is 18.4. The zero-order valence-corrected chi connectivity index (χ0v) is 23.0. The van der Waals surface area contributed by atoms with Gasteiger partial charge in [0.25, 0.3) is 5.91 Å².